The van der Waals surface area contributed by atoms with Gasteiger partial charge < -0.3 is 10.6 Å². The molecule has 2 rings (SSSR count). The van der Waals surface area contributed by atoms with Crippen molar-refractivity contribution >= 4 is 0 Å². The van der Waals surface area contributed by atoms with Crippen molar-refractivity contribution in [1.29, 1.82) is 0 Å². The van der Waals surface area contributed by atoms with E-state index in [2.05, 4.69) is 30.6 Å². The highest BCUT2D eigenvalue weighted by Gasteiger charge is 2.29. The van der Waals surface area contributed by atoms with Gasteiger partial charge in [-0.3, -0.25) is 4.90 Å². The first-order valence-electron chi connectivity index (χ1n) is 9.17. The lowest BCUT2D eigenvalue weighted by Crippen LogP contribution is -2.54. The van der Waals surface area contributed by atoms with Gasteiger partial charge in [-0.1, -0.05) is 27.2 Å². The molecule has 2 aliphatic rings. The number of nitrogens with two attached hydrogens (primary N) is 1. The maximum Gasteiger partial charge on any atom is 0.0223 e. The third-order valence-electron chi connectivity index (χ3n) is 5.69. The molecule has 2 aliphatic heterocycles. The van der Waals surface area contributed by atoms with Gasteiger partial charge in [0.25, 0.3) is 0 Å². The van der Waals surface area contributed by atoms with Crippen LogP contribution in [0.3, 0.4) is 0 Å². The van der Waals surface area contributed by atoms with Crippen LogP contribution in [0.5, 0.6) is 0 Å². The summed E-state index contributed by atoms with van der Waals surface area (Å²) in [5.41, 5.74) is 6.20. The van der Waals surface area contributed by atoms with E-state index in [1.165, 1.54) is 71.2 Å². The van der Waals surface area contributed by atoms with Crippen LogP contribution >= 0.6 is 0 Å². The van der Waals surface area contributed by atoms with Crippen molar-refractivity contribution in [3.05, 3.63) is 0 Å². The molecule has 0 bridgehead atoms. The molecule has 2 unspecified atom stereocenters. The quantitative estimate of drug-likeness (QED) is 0.818. The number of rotatable bonds is 6. The minimum atomic E-state index is 0.404. The third-order valence-corrected chi connectivity index (χ3v) is 5.69. The first-order chi connectivity index (χ1) is 10.0. The number of piperidine rings is 1. The van der Waals surface area contributed by atoms with Crippen LogP contribution in [-0.4, -0.2) is 55.1 Å². The van der Waals surface area contributed by atoms with Crippen molar-refractivity contribution in [3.8, 4) is 0 Å². The molecule has 124 valence electrons. The summed E-state index contributed by atoms with van der Waals surface area (Å²) in [6.45, 7) is 14.5. The number of nitrogens with zero attached hydrogens (tertiary/aromatic N) is 2. The normalized spacial score (nSPS) is 26.6. The molecule has 0 spiro atoms. The largest absolute Gasteiger partial charge is 0.330 e. The average Bonchev–Trinajstić information content (AvgIpc) is 2.45. The molecule has 0 amide bonds. The Hall–Kier alpha value is -0.120. The topological polar surface area (TPSA) is 32.5 Å². The van der Waals surface area contributed by atoms with Crippen LogP contribution in [0.1, 0.15) is 59.3 Å². The standard InChI is InChI=1S/C18H37N3/c1-18(2,3)16(9-10-19)7-6-11-20-13-14-21-12-5-4-8-17(21)15-20/h16-17H,4-15,19H2,1-3H3. The van der Waals surface area contributed by atoms with E-state index in [1.807, 2.05) is 0 Å². The summed E-state index contributed by atoms with van der Waals surface area (Å²) in [7, 11) is 0. The second-order valence-electron chi connectivity index (χ2n) is 8.27. The summed E-state index contributed by atoms with van der Waals surface area (Å²) < 4.78 is 0. The first kappa shape index (κ1) is 17.2. The van der Waals surface area contributed by atoms with E-state index in [4.69, 9.17) is 5.73 Å². The van der Waals surface area contributed by atoms with Crippen molar-refractivity contribution in [2.45, 2.75) is 65.3 Å². The molecule has 3 heteroatoms. The van der Waals surface area contributed by atoms with Crippen molar-refractivity contribution < 1.29 is 0 Å². The molecule has 0 aromatic heterocycles. The molecule has 2 heterocycles. The van der Waals surface area contributed by atoms with Gasteiger partial charge in [0.2, 0.25) is 0 Å². The van der Waals surface area contributed by atoms with Crippen LogP contribution in [0, 0.1) is 11.3 Å². The van der Waals surface area contributed by atoms with Crippen LogP contribution in [0.4, 0.5) is 0 Å². The number of hydrogen-bond acceptors (Lipinski definition) is 3. The van der Waals surface area contributed by atoms with Gasteiger partial charge in [-0.05, 0) is 63.1 Å². The molecule has 0 aromatic rings. The van der Waals surface area contributed by atoms with E-state index in [9.17, 15) is 0 Å². The van der Waals surface area contributed by atoms with Gasteiger partial charge in [-0.15, -0.1) is 0 Å². The molecule has 2 atom stereocenters. The zero-order valence-corrected chi connectivity index (χ0v) is 14.6. The van der Waals surface area contributed by atoms with E-state index in [-0.39, 0.29) is 0 Å². The Morgan fingerprint density at radius 2 is 1.90 bits per heavy atom. The fourth-order valence-electron chi connectivity index (χ4n) is 4.20. The van der Waals surface area contributed by atoms with Gasteiger partial charge in [-0.25, -0.2) is 0 Å². The fourth-order valence-corrected chi connectivity index (χ4v) is 4.20. The summed E-state index contributed by atoms with van der Waals surface area (Å²) in [6, 6.07) is 0.856. The second-order valence-corrected chi connectivity index (χ2v) is 8.27. The molecule has 0 saturated carbocycles. The third kappa shape index (κ3) is 5.22. The average molecular weight is 296 g/mol. The zero-order chi connectivity index (χ0) is 15.3. The number of hydrogen-bond donors (Lipinski definition) is 1. The molecule has 21 heavy (non-hydrogen) atoms. The molecule has 0 aliphatic carbocycles. The van der Waals surface area contributed by atoms with Gasteiger partial charge in [0.05, 0.1) is 0 Å². The van der Waals surface area contributed by atoms with Gasteiger partial charge in [-0.2, -0.15) is 0 Å². The Balaban J connectivity index is 1.70. The van der Waals surface area contributed by atoms with E-state index >= 15 is 0 Å². The Kier molecular flexibility index (Phi) is 6.51. The molecule has 2 fully saturated rings. The Labute approximate surface area is 132 Å². The second kappa shape index (κ2) is 7.94. The van der Waals surface area contributed by atoms with Gasteiger partial charge >= 0.3 is 0 Å². The summed E-state index contributed by atoms with van der Waals surface area (Å²) >= 11 is 0. The highest BCUT2D eigenvalue weighted by atomic mass is 15.3. The highest BCUT2D eigenvalue weighted by molar-refractivity contribution is 4.85. The van der Waals surface area contributed by atoms with Crippen molar-refractivity contribution in [2.75, 3.05) is 39.3 Å². The molecule has 0 radical (unpaired) electrons. The highest BCUT2D eigenvalue weighted by Crippen LogP contribution is 2.32. The fraction of sp³-hybridized carbons (Fsp3) is 1.00. The van der Waals surface area contributed by atoms with E-state index < -0.39 is 0 Å². The van der Waals surface area contributed by atoms with Gasteiger partial charge in [0.1, 0.15) is 0 Å². The predicted molar refractivity (Wildman–Crippen MR) is 91.5 cm³/mol. The van der Waals surface area contributed by atoms with E-state index in [0.717, 1.165) is 18.5 Å². The Bertz CT molecular complexity index is 297. The molecule has 3 nitrogen and oxygen atoms in total. The molecular formula is C18H37N3. The summed E-state index contributed by atoms with van der Waals surface area (Å²) in [5.74, 6) is 0.776. The number of piperazine rings is 1. The van der Waals surface area contributed by atoms with E-state index in [1.54, 1.807) is 0 Å². The number of fused-ring (bicyclic) bond motifs is 1. The summed E-state index contributed by atoms with van der Waals surface area (Å²) in [6.07, 6.45) is 8.15. The SMILES string of the molecule is CC(C)(C)C(CCN)CCCN1CCN2CCCCC2C1. The summed E-state index contributed by atoms with van der Waals surface area (Å²) in [4.78, 5) is 5.45. The Morgan fingerprint density at radius 1 is 1.10 bits per heavy atom. The van der Waals surface area contributed by atoms with Crippen molar-refractivity contribution in [2.24, 2.45) is 17.1 Å². The predicted octanol–water partition coefficient (Wildman–Crippen LogP) is 2.95. The van der Waals surface area contributed by atoms with E-state index in [0.29, 0.717) is 5.41 Å². The molecule has 0 aromatic carbocycles. The van der Waals surface area contributed by atoms with Crippen LogP contribution in [0.2, 0.25) is 0 Å². The van der Waals surface area contributed by atoms with Gasteiger partial charge in [0.15, 0.2) is 0 Å². The van der Waals surface area contributed by atoms with Crippen molar-refractivity contribution in [3.63, 3.8) is 0 Å². The van der Waals surface area contributed by atoms with Crippen LogP contribution < -0.4 is 5.73 Å². The molecular weight excluding hydrogens is 258 g/mol. The summed E-state index contributed by atoms with van der Waals surface area (Å²) in [5, 5.41) is 0. The van der Waals surface area contributed by atoms with Crippen LogP contribution in [0.25, 0.3) is 0 Å². The lowest BCUT2D eigenvalue weighted by atomic mass is 9.76. The molecule has 2 saturated heterocycles. The lowest BCUT2D eigenvalue weighted by Gasteiger charge is -2.44. The first-order valence-corrected chi connectivity index (χ1v) is 9.17. The van der Waals surface area contributed by atoms with Crippen LogP contribution in [-0.2, 0) is 0 Å². The van der Waals surface area contributed by atoms with Crippen molar-refractivity contribution in [1.82, 2.24) is 9.80 Å². The minimum Gasteiger partial charge on any atom is -0.330 e. The maximum atomic E-state index is 5.80. The monoisotopic (exact) mass is 295 g/mol. The zero-order valence-electron chi connectivity index (χ0n) is 14.6. The van der Waals surface area contributed by atoms with Gasteiger partial charge in [0, 0.05) is 25.7 Å². The molecule has 2 N–H and O–H groups in total. The maximum absolute atomic E-state index is 5.80. The Morgan fingerprint density at radius 3 is 2.62 bits per heavy atom. The minimum absolute atomic E-state index is 0.404. The van der Waals surface area contributed by atoms with Crippen LogP contribution in [0.15, 0.2) is 0 Å². The lowest BCUT2D eigenvalue weighted by molar-refractivity contribution is 0.0470. The smallest absolute Gasteiger partial charge is 0.0223 e.